The van der Waals surface area contributed by atoms with Crippen molar-refractivity contribution in [3.8, 4) is 0 Å². The van der Waals surface area contributed by atoms with E-state index in [0.717, 1.165) is 0 Å². The molecule has 0 saturated carbocycles. The smallest absolute Gasteiger partial charge is 0.224 e. The number of hydrogen-bond donors (Lipinski definition) is 3. The average Bonchev–Trinajstić information content (AvgIpc) is 2.84. The molecule has 9 heteroatoms. The molecule has 1 aromatic carbocycles. The lowest BCUT2D eigenvalue weighted by atomic mass is 10.2. The quantitative estimate of drug-likeness (QED) is 0.476. The Kier molecular flexibility index (Phi) is 3.30. The molecule has 22 heavy (non-hydrogen) atoms. The highest BCUT2D eigenvalue weighted by atomic mass is 19.1. The Labute approximate surface area is 124 Å². The highest BCUT2D eigenvalue weighted by molar-refractivity contribution is 5.87. The summed E-state index contributed by atoms with van der Waals surface area (Å²) >= 11 is 0. The van der Waals surface area contributed by atoms with Gasteiger partial charge in [0, 0.05) is 5.56 Å². The van der Waals surface area contributed by atoms with Gasteiger partial charge in [0.1, 0.15) is 5.82 Å². The molecule has 0 fully saturated rings. The first-order valence-electron chi connectivity index (χ1n) is 6.36. The predicted molar refractivity (Wildman–Crippen MR) is 80.7 cm³/mol. The minimum Gasteiger partial charge on any atom is -0.370 e. The normalized spacial score (nSPS) is 10.8. The topological polar surface area (TPSA) is 134 Å². The highest BCUT2D eigenvalue weighted by Gasteiger charge is 2.13. The van der Waals surface area contributed by atoms with E-state index in [1.54, 1.807) is 22.8 Å². The van der Waals surface area contributed by atoms with E-state index in [9.17, 15) is 4.39 Å². The van der Waals surface area contributed by atoms with Crippen molar-refractivity contribution in [2.24, 2.45) is 16.5 Å². The van der Waals surface area contributed by atoms with E-state index in [0.29, 0.717) is 16.7 Å². The zero-order valence-corrected chi connectivity index (χ0v) is 11.4. The number of nitrogens with zero attached hydrogens (tertiary/aromatic N) is 5. The van der Waals surface area contributed by atoms with E-state index >= 15 is 0 Å². The third kappa shape index (κ3) is 2.51. The van der Waals surface area contributed by atoms with Crippen LogP contribution in [0.3, 0.4) is 0 Å². The second-order valence-corrected chi connectivity index (χ2v) is 4.58. The Balaban J connectivity index is 2.11. The largest absolute Gasteiger partial charge is 0.370 e. The van der Waals surface area contributed by atoms with Gasteiger partial charge in [0.2, 0.25) is 5.95 Å². The van der Waals surface area contributed by atoms with Gasteiger partial charge in [-0.25, -0.2) is 9.37 Å². The molecular weight excluding hydrogens is 287 g/mol. The second-order valence-electron chi connectivity index (χ2n) is 4.58. The molecule has 0 aliphatic carbocycles. The fraction of sp³-hybridized carbons (Fsp3) is 0.0769. The van der Waals surface area contributed by atoms with Gasteiger partial charge in [-0.2, -0.15) is 15.0 Å². The van der Waals surface area contributed by atoms with E-state index in [4.69, 9.17) is 17.2 Å². The van der Waals surface area contributed by atoms with Gasteiger partial charge >= 0.3 is 0 Å². The number of hydrogen-bond acceptors (Lipinski definition) is 5. The summed E-state index contributed by atoms with van der Waals surface area (Å²) in [4.78, 5) is 16.1. The minimum absolute atomic E-state index is 0.00258. The van der Waals surface area contributed by atoms with Gasteiger partial charge in [-0.15, -0.1) is 0 Å². The SMILES string of the molecule is NC(N)=Nc1nc(N)nc2c1ncn2Cc1ccccc1F. The Hall–Kier alpha value is -3.23. The average molecular weight is 300 g/mol. The molecule has 3 aromatic rings. The van der Waals surface area contributed by atoms with Crippen LogP contribution in [0.15, 0.2) is 35.6 Å². The summed E-state index contributed by atoms with van der Waals surface area (Å²) in [7, 11) is 0. The molecule has 0 atom stereocenters. The van der Waals surface area contributed by atoms with Crippen LogP contribution in [-0.4, -0.2) is 25.5 Å². The Bertz CT molecular complexity index is 866. The van der Waals surface area contributed by atoms with Crippen molar-refractivity contribution in [3.05, 3.63) is 42.0 Å². The van der Waals surface area contributed by atoms with E-state index in [1.807, 2.05) is 0 Å². The minimum atomic E-state index is -0.309. The molecule has 0 aliphatic rings. The van der Waals surface area contributed by atoms with Crippen LogP contribution in [0.1, 0.15) is 5.56 Å². The number of halogens is 1. The maximum Gasteiger partial charge on any atom is 0.224 e. The zero-order chi connectivity index (χ0) is 15.7. The number of benzene rings is 1. The summed E-state index contributed by atoms with van der Waals surface area (Å²) in [6.45, 7) is 0.251. The third-order valence-corrected chi connectivity index (χ3v) is 3.00. The molecule has 0 bridgehead atoms. The summed E-state index contributed by atoms with van der Waals surface area (Å²) in [5.74, 6) is -0.295. The fourth-order valence-corrected chi connectivity index (χ4v) is 2.07. The first-order valence-corrected chi connectivity index (χ1v) is 6.36. The maximum absolute atomic E-state index is 13.8. The molecule has 0 aliphatic heterocycles. The zero-order valence-electron chi connectivity index (χ0n) is 11.4. The standard InChI is InChI=1S/C13H13FN8/c14-8-4-2-1-3-7(8)5-22-6-18-9-10(19-12(15)16)20-13(17)21-11(9)22/h1-4,6H,5H2,(H6,15,16,17,19,20,21). The number of nitrogens with two attached hydrogens (primary N) is 3. The van der Waals surface area contributed by atoms with Gasteiger partial charge in [0.05, 0.1) is 12.9 Å². The highest BCUT2D eigenvalue weighted by Crippen LogP contribution is 2.23. The molecule has 2 aromatic heterocycles. The van der Waals surface area contributed by atoms with Gasteiger partial charge in [0.25, 0.3) is 0 Å². The van der Waals surface area contributed by atoms with Crippen molar-refractivity contribution >= 4 is 28.9 Å². The van der Waals surface area contributed by atoms with Crippen LogP contribution in [0.2, 0.25) is 0 Å². The molecule has 0 amide bonds. The van der Waals surface area contributed by atoms with Crippen molar-refractivity contribution < 1.29 is 4.39 Å². The summed E-state index contributed by atoms with van der Waals surface area (Å²) in [6, 6.07) is 6.46. The Morgan fingerprint density at radius 1 is 1.23 bits per heavy atom. The van der Waals surface area contributed by atoms with Gasteiger partial charge in [-0.1, -0.05) is 18.2 Å². The van der Waals surface area contributed by atoms with Crippen molar-refractivity contribution in [2.45, 2.75) is 6.54 Å². The summed E-state index contributed by atoms with van der Waals surface area (Å²) < 4.78 is 15.4. The van der Waals surface area contributed by atoms with E-state index in [1.165, 1.54) is 12.4 Å². The van der Waals surface area contributed by atoms with Crippen LogP contribution in [0.4, 0.5) is 16.2 Å². The van der Waals surface area contributed by atoms with Crippen LogP contribution >= 0.6 is 0 Å². The lowest BCUT2D eigenvalue weighted by molar-refractivity contribution is 0.601. The predicted octanol–water partition coefficient (Wildman–Crippen LogP) is 0.501. The van der Waals surface area contributed by atoms with E-state index < -0.39 is 0 Å². The molecule has 3 rings (SSSR count). The number of nitrogen functional groups attached to an aromatic ring is 1. The Morgan fingerprint density at radius 3 is 2.73 bits per heavy atom. The lowest BCUT2D eigenvalue weighted by Crippen LogP contribution is -2.22. The Morgan fingerprint density at radius 2 is 2.00 bits per heavy atom. The van der Waals surface area contributed by atoms with E-state index in [2.05, 4.69) is 19.9 Å². The van der Waals surface area contributed by atoms with Crippen molar-refractivity contribution in [2.75, 3.05) is 5.73 Å². The molecular formula is C13H13FN8. The van der Waals surface area contributed by atoms with E-state index in [-0.39, 0.29) is 30.1 Å². The van der Waals surface area contributed by atoms with Crippen molar-refractivity contribution in [1.29, 1.82) is 0 Å². The number of imidazole rings is 1. The number of aliphatic imine (C=N–C) groups is 1. The number of anilines is 1. The first kappa shape index (κ1) is 13.7. The molecule has 6 N–H and O–H groups in total. The van der Waals surface area contributed by atoms with Crippen molar-refractivity contribution in [1.82, 2.24) is 19.5 Å². The molecule has 112 valence electrons. The second kappa shape index (κ2) is 5.28. The summed E-state index contributed by atoms with van der Waals surface area (Å²) in [6.07, 6.45) is 1.51. The van der Waals surface area contributed by atoms with Crippen molar-refractivity contribution in [3.63, 3.8) is 0 Å². The summed E-state index contributed by atoms with van der Waals surface area (Å²) in [5.41, 5.74) is 17.7. The van der Waals surface area contributed by atoms with Crippen LogP contribution in [0.5, 0.6) is 0 Å². The van der Waals surface area contributed by atoms with Crippen LogP contribution in [0, 0.1) is 5.82 Å². The number of fused-ring (bicyclic) bond motifs is 1. The molecule has 0 saturated heterocycles. The summed E-state index contributed by atoms with van der Waals surface area (Å²) in [5, 5.41) is 0. The van der Waals surface area contributed by atoms with Crippen LogP contribution < -0.4 is 17.2 Å². The first-order chi connectivity index (χ1) is 10.5. The molecule has 0 spiro atoms. The molecule has 2 heterocycles. The molecule has 0 radical (unpaired) electrons. The number of aromatic nitrogens is 4. The van der Waals surface area contributed by atoms with Gasteiger partial charge < -0.3 is 21.8 Å². The number of guanidine groups is 1. The fourth-order valence-electron chi connectivity index (χ4n) is 2.07. The maximum atomic E-state index is 13.8. The lowest BCUT2D eigenvalue weighted by Gasteiger charge is -2.05. The number of rotatable bonds is 3. The third-order valence-electron chi connectivity index (χ3n) is 3.00. The van der Waals surface area contributed by atoms with Crippen LogP contribution in [-0.2, 0) is 6.54 Å². The molecule has 8 nitrogen and oxygen atoms in total. The van der Waals surface area contributed by atoms with Gasteiger partial charge in [-0.05, 0) is 6.07 Å². The van der Waals surface area contributed by atoms with Gasteiger partial charge in [-0.3, -0.25) is 0 Å². The van der Waals surface area contributed by atoms with Gasteiger partial charge in [0.15, 0.2) is 22.9 Å². The van der Waals surface area contributed by atoms with Crippen LogP contribution in [0.25, 0.3) is 11.2 Å². The molecule has 0 unspecified atom stereocenters. The monoisotopic (exact) mass is 300 g/mol.